The average Bonchev–Trinajstić information content (AvgIpc) is 3.30. The van der Waals surface area contributed by atoms with Crippen LogP contribution in [-0.2, 0) is 17.8 Å². The zero-order valence-corrected chi connectivity index (χ0v) is 18.7. The van der Waals surface area contributed by atoms with Gasteiger partial charge in [-0.1, -0.05) is 35.9 Å². The van der Waals surface area contributed by atoms with Gasteiger partial charge in [0.05, 0.1) is 7.11 Å². The first kappa shape index (κ1) is 22.8. The van der Waals surface area contributed by atoms with Crippen LogP contribution >= 0.6 is 11.3 Å². The van der Waals surface area contributed by atoms with E-state index in [1.807, 2.05) is 43.3 Å². The van der Waals surface area contributed by atoms with Crippen molar-refractivity contribution in [3.63, 3.8) is 0 Å². The number of hydrogen-bond acceptors (Lipinski definition) is 6. The van der Waals surface area contributed by atoms with Crippen molar-refractivity contribution in [1.82, 2.24) is 4.98 Å². The number of carbonyl (C=O) groups is 1. The van der Waals surface area contributed by atoms with E-state index in [1.165, 1.54) is 23.0 Å². The molecule has 7 heteroatoms. The molecule has 6 nitrogen and oxygen atoms in total. The van der Waals surface area contributed by atoms with Gasteiger partial charge in [-0.2, -0.15) is 5.26 Å². The molecule has 2 aromatic carbocycles. The van der Waals surface area contributed by atoms with E-state index >= 15 is 0 Å². The molecule has 0 aliphatic rings. The fourth-order valence-corrected chi connectivity index (χ4v) is 3.52. The summed E-state index contributed by atoms with van der Waals surface area (Å²) in [5, 5.41) is 14.3. The molecule has 1 amide bonds. The largest absolute Gasteiger partial charge is 0.493 e. The quantitative estimate of drug-likeness (QED) is 0.274. The third kappa shape index (κ3) is 5.84. The maximum absolute atomic E-state index is 12.5. The molecule has 1 N–H and O–H groups in total. The lowest BCUT2D eigenvalue weighted by molar-refractivity contribution is -0.112. The van der Waals surface area contributed by atoms with Gasteiger partial charge in [0.15, 0.2) is 16.6 Å². The number of rotatable bonds is 9. The second-order valence-corrected chi connectivity index (χ2v) is 7.83. The van der Waals surface area contributed by atoms with Crippen LogP contribution in [0, 0.1) is 18.3 Å². The van der Waals surface area contributed by atoms with Crippen LogP contribution in [0.2, 0.25) is 0 Å². The number of ether oxygens (including phenoxy) is 2. The van der Waals surface area contributed by atoms with E-state index in [4.69, 9.17) is 9.47 Å². The fourth-order valence-electron chi connectivity index (χ4n) is 2.99. The first-order valence-electron chi connectivity index (χ1n) is 9.86. The number of carbonyl (C=O) groups excluding carboxylic acids is 1. The van der Waals surface area contributed by atoms with E-state index in [0.717, 1.165) is 11.1 Å². The number of aromatic nitrogens is 1. The maximum Gasteiger partial charge on any atom is 0.268 e. The van der Waals surface area contributed by atoms with Gasteiger partial charge in [-0.05, 0) is 42.7 Å². The molecule has 0 aliphatic carbocycles. The first-order chi connectivity index (χ1) is 15.5. The standard InChI is InChI=1S/C25H23N3O3S/c1-4-5-20-12-19(13-21(15-26)24(29)28-25-27-10-11-32-25)14-22(30-3)23(20)31-16-18-8-6-17(2)7-9-18/h4,6-14H,1,5,16H2,2-3H3,(H,27,28,29)/b21-13-. The van der Waals surface area contributed by atoms with E-state index in [2.05, 4.69) is 16.9 Å². The van der Waals surface area contributed by atoms with Gasteiger partial charge in [0.1, 0.15) is 18.2 Å². The zero-order valence-electron chi connectivity index (χ0n) is 17.9. The number of methoxy groups -OCH3 is 1. The normalized spacial score (nSPS) is 10.8. The second kappa shape index (κ2) is 10.9. The minimum absolute atomic E-state index is 0.0415. The molecule has 0 fully saturated rings. The Kier molecular flexibility index (Phi) is 7.79. The number of anilines is 1. The number of allylic oxidation sites excluding steroid dienone is 1. The van der Waals surface area contributed by atoms with Crippen molar-refractivity contribution in [3.8, 4) is 17.6 Å². The number of thiazole rings is 1. The van der Waals surface area contributed by atoms with Crippen LogP contribution in [0.1, 0.15) is 22.3 Å². The van der Waals surface area contributed by atoms with Crippen LogP contribution in [0.15, 0.2) is 66.2 Å². The van der Waals surface area contributed by atoms with E-state index in [-0.39, 0.29) is 5.57 Å². The summed E-state index contributed by atoms with van der Waals surface area (Å²) >= 11 is 1.28. The summed E-state index contributed by atoms with van der Waals surface area (Å²) in [6, 6.07) is 13.7. The Bertz CT molecular complexity index is 1160. The van der Waals surface area contributed by atoms with Gasteiger partial charge in [0.25, 0.3) is 5.91 Å². The van der Waals surface area contributed by atoms with Gasteiger partial charge in [0.2, 0.25) is 0 Å². The van der Waals surface area contributed by atoms with Crippen molar-refractivity contribution in [3.05, 3.63) is 88.5 Å². The lowest BCUT2D eigenvalue weighted by Gasteiger charge is -2.16. The topological polar surface area (TPSA) is 84.2 Å². The zero-order chi connectivity index (χ0) is 22.9. The van der Waals surface area contributed by atoms with Gasteiger partial charge in [-0.25, -0.2) is 4.98 Å². The van der Waals surface area contributed by atoms with Crippen LogP contribution < -0.4 is 14.8 Å². The molecule has 32 heavy (non-hydrogen) atoms. The van der Waals surface area contributed by atoms with Crippen molar-refractivity contribution in [2.75, 3.05) is 12.4 Å². The highest BCUT2D eigenvalue weighted by molar-refractivity contribution is 7.13. The molecule has 0 saturated carbocycles. The maximum atomic E-state index is 12.5. The molecule has 1 heterocycles. The van der Waals surface area contributed by atoms with E-state index in [1.54, 1.807) is 30.8 Å². The van der Waals surface area contributed by atoms with Crippen LogP contribution in [-0.4, -0.2) is 18.0 Å². The second-order valence-electron chi connectivity index (χ2n) is 6.94. The highest BCUT2D eigenvalue weighted by Crippen LogP contribution is 2.35. The molecule has 0 spiro atoms. The van der Waals surface area contributed by atoms with Crippen molar-refractivity contribution in [2.24, 2.45) is 0 Å². The predicted octanol–water partition coefficient (Wildman–Crippen LogP) is 5.31. The van der Waals surface area contributed by atoms with Gasteiger partial charge in [-0.15, -0.1) is 17.9 Å². The smallest absolute Gasteiger partial charge is 0.268 e. The highest BCUT2D eigenvalue weighted by Gasteiger charge is 2.15. The van der Waals surface area contributed by atoms with Gasteiger partial charge >= 0.3 is 0 Å². The number of nitriles is 1. The summed E-state index contributed by atoms with van der Waals surface area (Å²) in [6.07, 6.45) is 5.40. The predicted molar refractivity (Wildman–Crippen MR) is 127 cm³/mol. The average molecular weight is 446 g/mol. The number of amides is 1. The van der Waals surface area contributed by atoms with Gasteiger partial charge in [0, 0.05) is 17.1 Å². The summed E-state index contributed by atoms with van der Waals surface area (Å²) in [4.78, 5) is 16.5. The lowest BCUT2D eigenvalue weighted by atomic mass is 10.0. The molecule has 0 aliphatic heterocycles. The molecular formula is C25H23N3O3S. The Morgan fingerprint density at radius 3 is 2.72 bits per heavy atom. The highest BCUT2D eigenvalue weighted by atomic mass is 32.1. The number of benzene rings is 2. The van der Waals surface area contributed by atoms with E-state index in [0.29, 0.717) is 35.2 Å². The summed E-state index contributed by atoms with van der Waals surface area (Å²) in [7, 11) is 1.56. The molecule has 162 valence electrons. The first-order valence-corrected chi connectivity index (χ1v) is 10.7. The van der Waals surface area contributed by atoms with Crippen molar-refractivity contribution >= 4 is 28.5 Å². The third-order valence-corrected chi connectivity index (χ3v) is 5.26. The lowest BCUT2D eigenvalue weighted by Crippen LogP contribution is -2.13. The Labute approximate surface area is 191 Å². The van der Waals surface area contributed by atoms with Crippen molar-refractivity contribution in [2.45, 2.75) is 20.0 Å². The number of aryl methyl sites for hydroxylation is 1. The minimum Gasteiger partial charge on any atom is -0.493 e. The van der Waals surface area contributed by atoms with Crippen LogP contribution in [0.3, 0.4) is 0 Å². The Morgan fingerprint density at radius 1 is 1.31 bits per heavy atom. The molecular weight excluding hydrogens is 422 g/mol. The summed E-state index contributed by atoms with van der Waals surface area (Å²) in [5.74, 6) is 0.600. The van der Waals surface area contributed by atoms with E-state index < -0.39 is 5.91 Å². The molecule has 0 saturated heterocycles. The summed E-state index contributed by atoms with van der Waals surface area (Å²) in [6.45, 7) is 6.24. The number of nitrogens with zero attached hydrogens (tertiary/aromatic N) is 2. The van der Waals surface area contributed by atoms with Gasteiger partial charge < -0.3 is 9.47 Å². The number of nitrogens with one attached hydrogen (secondary N) is 1. The molecule has 0 atom stereocenters. The van der Waals surface area contributed by atoms with Crippen LogP contribution in [0.5, 0.6) is 11.5 Å². The fraction of sp³-hybridized carbons (Fsp3) is 0.160. The Morgan fingerprint density at radius 2 is 2.09 bits per heavy atom. The monoisotopic (exact) mass is 445 g/mol. The summed E-state index contributed by atoms with van der Waals surface area (Å²) in [5.41, 5.74) is 3.67. The SMILES string of the molecule is C=CCc1cc(/C=C(/C#N)C(=O)Nc2nccs2)cc(OC)c1OCc1ccc(C)cc1. The Balaban J connectivity index is 1.89. The summed E-state index contributed by atoms with van der Waals surface area (Å²) < 4.78 is 11.7. The van der Waals surface area contributed by atoms with Crippen molar-refractivity contribution in [1.29, 1.82) is 5.26 Å². The number of hydrogen-bond donors (Lipinski definition) is 1. The van der Waals surface area contributed by atoms with Gasteiger partial charge in [-0.3, -0.25) is 10.1 Å². The third-order valence-electron chi connectivity index (χ3n) is 4.57. The van der Waals surface area contributed by atoms with Crippen LogP contribution in [0.4, 0.5) is 5.13 Å². The molecule has 0 unspecified atom stereocenters. The molecule has 0 radical (unpaired) electrons. The molecule has 0 bridgehead atoms. The van der Waals surface area contributed by atoms with Crippen molar-refractivity contribution < 1.29 is 14.3 Å². The molecule has 3 rings (SSSR count). The van der Waals surface area contributed by atoms with Crippen LogP contribution in [0.25, 0.3) is 6.08 Å². The van der Waals surface area contributed by atoms with E-state index in [9.17, 15) is 10.1 Å². The Hall–Kier alpha value is -3.89. The molecule has 3 aromatic rings. The molecule has 1 aromatic heterocycles. The minimum atomic E-state index is -0.522.